The van der Waals surface area contributed by atoms with E-state index in [1.54, 1.807) is 4.90 Å². The molecule has 4 aromatic carbocycles. The Bertz CT molecular complexity index is 1480. The average Bonchev–Trinajstić information content (AvgIpc) is 3.26. The number of aliphatic hydroxyl groups excluding tert-OH is 1. The molecule has 0 saturated carbocycles. The van der Waals surface area contributed by atoms with Crippen molar-refractivity contribution in [3.05, 3.63) is 136 Å². The third-order valence-corrected chi connectivity index (χ3v) is 9.06. The molecule has 0 aliphatic carbocycles. The summed E-state index contributed by atoms with van der Waals surface area (Å²) in [6, 6.07) is 32.2. The number of nitrogens with zero attached hydrogens (tertiary/aromatic N) is 1. The van der Waals surface area contributed by atoms with Crippen molar-refractivity contribution in [3.8, 4) is 0 Å². The Morgan fingerprint density at radius 2 is 1.62 bits per heavy atom. The largest absolute Gasteiger partial charge is 0.392 e. The third kappa shape index (κ3) is 5.94. The molecule has 0 bridgehead atoms. The molecule has 4 aromatic rings. The van der Waals surface area contributed by atoms with Crippen LogP contribution in [0, 0.1) is 6.92 Å². The zero-order chi connectivity index (χ0) is 28.1. The number of hydrogen-bond donors (Lipinski definition) is 2. The fourth-order valence-electron chi connectivity index (χ4n) is 5.15. The number of rotatable bonds is 9. The topological polar surface area (TPSA) is 69.6 Å². The first-order chi connectivity index (χ1) is 19.4. The lowest BCUT2D eigenvalue weighted by molar-refractivity contribution is -0.129. The Labute approximate surface area is 244 Å². The molecule has 2 amide bonds. The number of halogens is 1. The summed E-state index contributed by atoms with van der Waals surface area (Å²) in [7, 11) is 0. The van der Waals surface area contributed by atoms with Gasteiger partial charge in [-0.15, -0.1) is 11.8 Å². The molecule has 1 heterocycles. The Hall–Kier alpha value is -3.58. The zero-order valence-electron chi connectivity index (χ0n) is 22.2. The molecule has 7 heteroatoms. The first-order valence-electron chi connectivity index (χ1n) is 13.2. The van der Waals surface area contributed by atoms with Gasteiger partial charge in [-0.2, -0.15) is 0 Å². The molecule has 40 heavy (non-hydrogen) atoms. The normalized spacial score (nSPS) is 18.6. The number of benzene rings is 4. The van der Waals surface area contributed by atoms with Crippen molar-refractivity contribution in [2.75, 3.05) is 0 Å². The average molecular weight is 571 g/mol. The second kappa shape index (κ2) is 12.3. The molecule has 1 saturated heterocycles. The fourth-order valence-corrected chi connectivity index (χ4v) is 6.77. The number of hydrogen-bond acceptors (Lipinski definition) is 4. The van der Waals surface area contributed by atoms with Gasteiger partial charge in [0.2, 0.25) is 11.8 Å². The van der Waals surface area contributed by atoms with Crippen LogP contribution in [-0.2, 0) is 29.3 Å². The van der Waals surface area contributed by atoms with Crippen LogP contribution in [0.5, 0.6) is 0 Å². The van der Waals surface area contributed by atoms with Gasteiger partial charge in [-0.1, -0.05) is 102 Å². The van der Waals surface area contributed by atoms with E-state index < -0.39 is 10.8 Å². The van der Waals surface area contributed by atoms with Crippen LogP contribution in [0.1, 0.15) is 40.3 Å². The van der Waals surface area contributed by atoms with E-state index in [0.29, 0.717) is 11.6 Å². The molecule has 5 rings (SSSR count). The van der Waals surface area contributed by atoms with Gasteiger partial charge in [0.15, 0.2) is 0 Å². The van der Waals surface area contributed by atoms with Crippen molar-refractivity contribution >= 4 is 35.2 Å². The van der Waals surface area contributed by atoms with E-state index in [0.717, 1.165) is 32.7 Å². The number of amides is 2. The maximum Gasteiger partial charge on any atom is 0.239 e. The van der Waals surface area contributed by atoms with Crippen molar-refractivity contribution in [2.45, 2.75) is 48.7 Å². The van der Waals surface area contributed by atoms with E-state index >= 15 is 0 Å². The van der Waals surface area contributed by atoms with Gasteiger partial charge < -0.3 is 15.3 Å². The second-order valence-corrected chi connectivity index (χ2v) is 11.9. The van der Waals surface area contributed by atoms with Gasteiger partial charge in [0, 0.05) is 23.0 Å². The predicted molar refractivity (Wildman–Crippen MR) is 160 cm³/mol. The van der Waals surface area contributed by atoms with E-state index in [1.165, 1.54) is 11.8 Å². The van der Waals surface area contributed by atoms with E-state index in [-0.39, 0.29) is 31.4 Å². The van der Waals surface area contributed by atoms with Gasteiger partial charge >= 0.3 is 0 Å². The summed E-state index contributed by atoms with van der Waals surface area (Å²) in [5, 5.41) is 13.4. The lowest BCUT2D eigenvalue weighted by atomic mass is 9.90. The van der Waals surface area contributed by atoms with Crippen molar-refractivity contribution in [3.63, 3.8) is 0 Å². The Morgan fingerprint density at radius 1 is 0.950 bits per heavy atom. The maximum atomic E-state index is 14.4. The standard InChI is InChI=1S/C33H31ClN2O3S/c1-23-11-17-28(18-12-23)40-33(32(39)35-20-24-7-3-2-4-8-24)19-30(38)36(21-27-9-5-6-10-29(27)34)31(33)26-15-13-25(22-37)14-16-26/h2-18,31,37H,19-22H2,1H3,(H,35,39)/t31-,33-/m1/s1. The highest BCUT2D eigenvalue weighted by Crippen LogP contribution is 2.53. The summed E-state index contributed by atoms with van der Waals surface area (Å²) >= 11 is 7.96. The molecule has 0 unspecified atom stereocenters. The highest BCUT2D eigenvalue weighted by molar-refractivity contribution is 8.01. The van der Waals surface area contributed by atoms with E-state index in [9.17, 15) is 14.7 Å². The SMILES string of the molecule is Cc1ccc(S[C@]2(C(=O)NCc3ccccc3)CC(=O)N(Cc3ccccc3Cl)[C@@H]2c2ccc(CO)cc2)cc1. The molecule has 0 aromatic heterocycles. The van der Waals surface area contributed by atoms with Crippen molar-refractivity contribution in [1.82, 2.24) is 10.2 Å². The molecule has 1 aliphatic heterocycles. The molecular weight excluding hydrogens is 540 g/mol. The first kappa shape index (κ1) is 28.0. The number of carbonyl (C=O) groups excluding carboxylic acids is 2. The van der Waals surface area contributed by atoms with Crippen LogP contribution < -0.4 is 5.32 Å². The molecule has 0 spiro atoms. The Kier molecular flexibility index (Phi) is 8.60. The van der Waals surface area contributed by atoms with Crippen LogP contribution in [0.3, 0.4) is 0 Å². The van der Waals surface area contributed by atoms with Crippen LogP contribution in [0.15, 0.2) is 108 Å². The molecule has 2 N–H and O–H groups in total. The molecule has 5 nitrogen and oxygen atoms in total. The number of nitrogens with one attached hydrogen (secondary N) is 1. The van der Waals surface area contributed by atoms with Gasteiger partial charge in [-0.05, 0) is 47.4 Å². The summed E-state index contributed by atoms with van der Waals surface area (Å²) in [6.07, 6.45) is 0.0308. The first-order valence-corrected chi connectivity index (χ1v) is 14.4. The van der Waals surface area contributed by atoms with Crippen LogP contribution >= 0.6 is 23.4 Å². The highest BCUT2D eigenvalue weighted by Gasteiger charge is 2.58. The van der Waals surface area contributed by atoms with Crippen LogP contribution in [0.25, 0.3) is 0 Å². The van der Waals surface area contributed by atoms with Gasteiger partial charge in [0.1, 0.15) is 4.75 Å². The minimum Gasteiger partial charge on any atom is -0.392 e. The van der Waals surface area contributed by atoms with E-state index in [4.69, 9.17) is 11.6 Å². The van der Waals surface area contributed by atoms with Crippen molar-refractivity contribution in [2.24, 2.45) is 0 Å². The van der Waals surface area contributed by atoms with Crippen LogP contribution in [0.4, 0.5) is 0 Å². The van der Waals surface area contributed by atoms with Gasteiger partial charge in [-0.25, -0.2) is 0 Å². The second-order valence-electron chi connectivity index (χ2n) is 10.1. The predicted octanol–water partition coefficient (Wildman–Crippen LogP) is 6.46. The number of carbonyl (C=O) groups is 2. The summed E-state index contributed by atoms with van der Waals surface area (Å²) in [5.74, 6) is -0.321. The van der Waals surface area contributed by atoms with Crippen LogP contribution in [0.2, 0.25) is 5.02 Å². The summed E-state index contributed by atoms with van der Waals surface area (Å²) in [4.78, 5) is 30.9. The smallest absolute Gasteiger partial charge is 0.239 e. The molecule has 204 valence electrons. The monoisotopic (exact) mass is 570 g/mol. The van der Waals surface area contributed by atoms with E-state index in [2.05, 4.69) is 5.32 Å². The molecule has 1 aliphatic rings. The fraction of sp³-hybridized carbons (Fsp3) is 0.212. The number of aryl methyl sites for hydroxylation is 1. The number of likely N-dealkylation sites (tertiary alicyclic amines) is 1. The Balaban J connectivity index is 1.60. The number of thioether (sulfide) groups is 1. The molecule has 2 atom stereocenters. The lowest BCUT2D eigenvalue weighted by Crippen LogP contribution is -2.48. The quantitative estimate of drug-likeness (QED) is 0.242. The summed E-state index contributed by atoms with van der Waals surface area (Å²) in [5.41, 5.74) is 4.49. The van der Waals surface area contributed by atoms with Gasteiger partial charge in [0.25, 0.3) is 0 Å². The maximum absolute atomic E-state index is 14.4. The Morgan fingerprint density at radius 3 is 2.30 bits per heavy atom. The zero-order valence-corrected chi connectivity index (χ0v) is 23.8. The minimum absolute atomic E-state index is 0.0308. The third-order valence-electron chi connectivity index (χ3n) is 7.27. The lowest BCUT2D eigenvalue weighted by Gasteiger charge is -2.37. The molecule has 0 radical (unpaired) electrons. The highest BCUT2D eigenvalue weighted by atomic mass is 35.5. The number of aliphatic hydroxyl groups is 1. The van der Waals surface area contributed by atoms with Crippen molar-refractivity contribution < 1.29 is 14.7 Å². The minimum atomic E-state index is -1.15. The van der Waals surface area contributed by atoms with Gasteiger partial charge in [0.05, 0.1) is 19.1 Å². The van der Waals surface area contributed by atoms with E-state index in [1.807, 2.05) is 110 Å². The van der Waals surface area contributed by atoms with Crippen LogP contribution in [-0.4, -0.2) is 26.6 Å². The summed E-state index contributed by atoms with van der Waals surface area (Å²) in [6.45, 7) is 2.55. The molecule has 1 fully saturated rings. The molecular formula is C33H31ClN2O3S. The van der Waals surface area contributed by atoms with Gasteiger partial charge in [-0.3, -0.25) is 9.59 Å². The van der Waals surface area contributed by atoms with Crippen molar-refractivity contribution in [1.29, 1.82) is 0 Å². The summed E-state index contributed by atoms with van der Waals surface area (Å²) < 4.78 is -1.15.